The molecule has 0 saturated heterocycles. The number of furan rings is 1. The summed E-state index contributed by atoms with van der Waals surface area (Å²) in [5.74, 6) is -1.62. The van der Waals surface area contributed by atoms with Crippen LogP contribution in [0.3, 0.4) is 0 Å². The first-order valence-corrected chi connectivity index (χ1v) is 13.9. The first-order chi connectivity index (χ1) is 18.9. The van der Waals surface area contributed by atoms with E-state index in [1.165, 1.54) is 28.8 Å². The number of thioether (sulfide) groups is 1. The van der Waals surface area contributed by atoms with Crippen molar-refractivity contribution in [1.82, 2.24) is 10.2 Å². The summed E-state index contributed by atoms with van der Waals surface area (Å²) in [5.41, 5.74) is 1.78. The number of halogens is 1. The number of aromatic nitrogens is 2. The summed E-state index contributed by atoms with van der Waals surface area (Å²) >= 11 is 8.56. The minimum Gasteiger partial charge on any atom is -0.508 e. The quantitative estimate of drug-likeness (QED) is 0.125. The predicted molar refractivity (Wildman–Crippen MR) is 149 cm³/mol. The number of aliphatic hydroxyl groups is 1. The topological polar surface area (TPSA) is 117 Å². The number of aliphatic hydroxyl groups excluding tert-OH is 1. The molecule has 1 amide bonds. The lowest BCUT2D eigenvalue weighted by Crippen LogP contribution is -2.31. The Balaban J connectivity index is 1.36. The van der Waals surface area contributed by atoms with Crippen molar-refractivity contribution in [2.75, 3.05) is 4.90 Å². The number of carbonyl (C=O) groups is 2. The number of phenolic OH excluding ortho intramolecular Hbond substituents is 1. The van der Waals surface area contributed by atoms with Gasteiger partial charge in [0.2, 0.25) is 10.9 Å². The summed E-state index contributed by atoms with van der Waals surface area (Å²) in [6.07, 6.45) is 0. The van der Waals surface area contributed by atoms with Gasteiger partial charge in [-0.05, 0) is 47.5 Å². The Bertz CT molecular complexity index is 1730. The van der Waals surface area contributed by atoms with Crippen molar-refractivity contribution in [1.29, 1.82) is 0 Å². The summed E-state index contributed by atoms with van der Waals surface area (Å²) in [6, 6.07) is 21.2. The van der Waals surface area contributed by atoms with Crippen LogP contribution in [0.1, 0.15) is 27.7 Å². The molecule has 1 aliphatic heterocycles. The molecule has 39 heavy (non-hydrogen) atoms. The number of hydrogen-bond donors (Lipinski definition) is 2. The van der Waals surface area contributed by atoms with E-state index in [0.717, 1.165) is 16.9 Å². The molecule has 0 radical (unpaired) electrons. The van der Waals surface area contributed by atoms with E-state index in [0.29, 0.717) is 31.6 Å². The van der Waals surface area contributed by atoms with Gasteiger partial charge in [-0.15, -0.1) is 10.2 Å². The standard InChI is InChI=1S/C28H18ClN3O5S2/c29-18-10-8-15(9-11-18)14-38-28-31-30-27(39-28)32-23(17-5-3-6-19(33)12-17)22(25(35)26(32)36)24(34)21-13-16-4-1-2-7-20(16)37-21/h1-13,23,33,35H,14H2/t23-/m0/s1. The van der Waals surface area contributed by atoms with Crippen LogP contribution in [0.25, 0.3) is 11.0 Å². The average molecular weight is 576 g/mol. The minimum absolute atomic E-state index is 0.0194. The number of anilines is 1. The predicted octanol–water partition coefficient (Wildman–Crippen LogP) is 6.72. The maximum atomic E-state index is 13.7. The largest absolute Gasteiger partial charge is 0.508 e. The zero-order valence-electron chi connectivity index (χ0n) is 19.9. The van der Waals surface area contributed by atoms with Crippen molar-refractivity contribution in [2.45, 2.75) is 16.1 Å². The minimum atomic E-state index is -1.06. The number of aromatic hydroxyl groups is 1. The summed E-state index contributed by atoms with van der Waals surface area (Å²) in [7, 11) is 0. The Morgan fingerprint density at radius 3 is 2.59 bits per heavy atom. The highest BCUT2D eigenvalue weighted by molar-refractivity contribution is 8.00. The van der Waals surface area contributed by atoms with E-state index >= 15 is 0 Å². The highest BCUT2D eigenvalue weighted by atomic mass is 35.5. The van der Waals surface area contributed by atoms with Crippen molar-refractivity contribution < 1.29 is 24.2 Å². The number of hydrogen-bond acceptors (Lipinski definition) is 9. The Morgan fingerprint density at radius 2 is 1.82 bits per heavy atom. The normalized spacial score (nSPS) is 15.5. The molecule has 1 aliphatic rings. The fourth-order valence-electron chi connectivity index (χ4n) is 4.36. The smallest absolute Gasteiger partial charge is 0.296 e. The number of para-hydroxylation sites is 1. The molecule has 1 atom stereocenters. The summed E-state index contributed by atoms with van der Waals surface area (Å²) in [5, 5.41) is 31.1. The fourth-order valence-corrected chi connectivity index (χ4v) is 6.30. The zero-order chi connectivity index (χ0) is 27.1. The summed E-state index contributed by atoms with van der Waals surface area (Å²) in [6.45, 7) is 0. The molecule has 2 N–H and O–H groups in total. The second-order valence-electron chi connectivity index (χ2n) is 8.68. The molecular weight excluding hydrogens is 558 g/mol. The molecule has 0 aliphatic carbocycles. The van der Waals surface area contributed by atoms with Gasteiger partial charge < -0.3 is 14.6 Å². The lowest BCUT2D eigenvalue weighted by atomic mass is 9.95. The molecule has 8 nitrogen and oxygen atoms in total. The van der Waals surface area contributed by atoms with Crippen LogP contribution in [-0.2, 0) is 10.5 Å². The maximum absolute atomic E-state index is 13.7. The molecule has 3 heterocycles. The SMILES string of the molecule is O=C(C1=C(O)C(=O)N(c2nnc(SCc3ccc(Cl)cc3)s2)[C@H]1c1cccc(O)c1)c1cc2ccccc2o1. The van der Waals surface area contributed by atoms with Gasteiger partial charge in [0.05, 0.1) is 11.6 Å². The van der Waals surface area contributed by atoms with E-state index in [4.69, 9.17) is 16.0 Å². The number of Topliss-reactive ketones (excluding diaryl/α,β-unsaturated/α-hetero) is 1. The third kappa shape index (κ3) is 4.78. The Labute approximate surface area is 235 Å². The molecule has 194 valence electrons. The Hall–Kier alpha value is -4.12. The van der Waals surface area contributed by atoms with Crippen LogP contribution in [0.4, 0.5) is 5.13 Å². The van der Waals surface area contributed by atoms with Crippen molar-refractivity contribution in [3.8, 4) is 5.75 Å². The maximum Gasteiger partial charge on any atom is 0.296 e. The molecule has 11 heteroatoms. The molecule has 6 rings (SSSR count). The number of fused-ring (bicyclic) bond motifs is 1. The molecule has 0 unspecified atom stereocenters. The highest BCUT2D eigenvalue weighted by Gasteiger charge is 2.47. The van der Waals surface area contributed by atoms with Crippen LogP contribution in [-0.4, -0.2) is 32.1 Å². The molecule has 0 fully saturated rings. The van der Waals surface area contributed by atoms with Crippen LogP contribution in [0.5, 0.6) is 5.75 Å². The molecule has 0 bridgehead atoms. The van der Waals surface area contributed by atoms with Gasteiger partial charge in [-0.2, -0.15) is 0 Å². The Kier molecular flexibility index (Phi) is 6.59. The molecule has 5 aromatic rings. The van der Waals surface area contributed by atoms with Gasteiger partial charge in [0.15, 0.2) is 15.9 Å². The van der Waals surface area contributed by atoms with Crippen molar-refractivity contribution in [3.05, 3.63) is 112 Å². The van der Waals surface area contributed by atoms with Crippen molar-refractivity contribution in [3.63, 3.8) is 0 Å². The Morgan fingerprint density at radius 1 is 1.03 bits per heavy atom. The fraction of sp³-hybridized carbons (Fsp3) is 0.0714. The van der Waals surface area contributed by atoms with Gasteiger partial charge in [-0.25, -0.2) is 0 Å². The van der Waals surface area contributed by atoms with Crippen LogP contribution in [0.2, 0.25) is 5.02 Å². The number of carbonyl (C=O) groups excluding carboxylic acids is 2. The molecular formula is C28H18ClN3O5S2. The van der Waals surface area contributed by atoms with Crippen molar-refractivity contribution >= 4 is 62.5 Å². The molecule has 2 aromatic heterocycles. The zero-order valence-corrected chi connectivity index (χ0v) is 22.3. The lowest BCUT2D eigenvalue weighted by Gasteiger charge is -2.23. The van der Waals surface area contributed by atoms with Gasteiger partial charge in [-0.1, -0.05) is 77.2 Å². The monoisotopic (exact) mass is 575 g/mol. The first kappa shape index (κ1) is 25.2. The van der Waals surface area contributed by atoms with Gasteiger partial charge in [0.25, 0.3) is 5.91 Å². The van der Waals surface area contributed by atoms with Crippen LogP contribution < -0.4 is 4.90 Å². The van der Waals surface area contributed by atoms with Crippen LogP contribution >= 0.6 is 34.7 Å². The highest BCUT2D eigenvalue weighted by Crippen LogP contribution is 2.44. The van der Waals surface area contributed by atoms with Crippen molar-refractivity contribution in [2.24, 2.45) is 0 Å². The molecule has 0 saturated carbocycles. The summed E-state index contributed by atoms with van der Waals surface area (Å²) < 4.78 is 6.35. The first-order valence-electron chi connectivity index (χ1n) is 11.7. The lowest BCUT2D eigenvalue weighted by molar-refractivity contribution is -0.117. The van der Waals surface area contributed by atoms with Gasteiger partial charge in [0, 0.05) is 16.2 Å². The molecule has 0 spiro atoms. The van der Waals surface area contributed by atoms with Gasteiger partial charge in [0.1, 0.15) is 11.3 Å². The second-order valence-corrected chi connectivity index (χ2v) is 11.3. The van der Waals surface area contributed by atoms with E-state index in [9.17, 15) is 19.8 Å². The third-order valence-corrected chi connectivity index (χ3v) is 8.54. The van der Waals surface area contributed by atoms with E-state index in [-0.39, 0.29) is 22.2 Å². The number of ketones is 1. The van der Waals surface area contributed by atoms with E-state index in [1.807, 2.05) is 18.2 Å². The van der Waals surface area contributed by atoms with E-state index < -0.39 is 23.5 Å². The van der Waals surface area contributed by atoms with Crippen LogP contribution in [0, 0.1) is 0 Å². The average Bonchev–Trinajstić information content (AvgIpc) is 3.64. The van der Waals surface area contributed by atoms with Gasteiger partial charge in [-0.3, -0.25) is 14.5 Å². The van der Waals surface area contributed by atoms with E-state index in [2.05, 4.69) is 10.2 Å². The number of rotatable bonds is 7. The number of benzene rings is 3. The number of phenols is 1. The third-order valence-electron chi connectivity index (χ3n) is 6.17. The number of nitrogens with zero attached hydrogens (tertiary/aromatic N) is 3. The van der Waals surface area contributed by atoms with Crippen LogP contribution in [0.15, 0.2) is 99.0 Å². The number of amides is 1. The summed E-state index contributed by atoms with van der Waals surface area (Å²) in [4.78, 5) is 28.3. The second kappa shape index (κ2) is 10.2. The van der Waals surface area contributed by atoms with Gasteiger partial charge >= 0.3 is 0 Å². The van der Waals surface area contributed by atoms with E-state index in [1.54, 1.807) is 48.5 Å². The molecule has 3 aromatic carbocycles.